The number of hydrogen-bond donors (Lipinski definition) is 1. The molecule has 1 nitrogen and oxygen atoms in total. The van der Waals surface area contributed by atoms with E-state index in [0.29, 0.717) is 12.1 Å². The zero-order valence-corrected chi connectivity index (χ0v) is 7.12. The number of anilines is 1. The van der Waals surface area contributed by atoms with Crippen LogP contribution in [0.25, 0.3) is 0 Å². The molecule has 1 rings (SSSR count). The number of halogens is 2. The molecule has 0 radical (unpaired) electrons. The predicted molar refractivity (Wildman–Crippen MR) is 45.3 cm³/mol. The summed E-state index contributed by atoms with van der Waals surface area (Å²) in [6, 6.07) is 2.59. The van der Waals surface area contributed by atoms with Gasteiger partial charge in [0, 0.05) is 18.3 Å². The Morgan fingerprint density at radius 2 is 1.75 bits per heavy atom. The van der Waals surface area contributed by atoms with Crippen molar-refractivity contribution in [3.05, 3.63) is 29.3 Å². The van der Waals surface area contributed by atoms with Gasteiger partial charge in [-0.1, -0.05) is 6.92 Å². The molecular formula is C9H11F2N. The van der Waals surface area contributed by atoms with Gasteiger partial charge in [-0.15, -0.1) is 0 Å². The number of nitrogens with one attached hydrogen (secondary N) is 1. The Morgan fingerprint density at radius 3 is 2.08 bits per heavy atom. The molecule has 1 N–H and O–H groups in total. The largest absolute Gasteiger partial charge is 0.388 e. The topological polar surface area (TPSA) is 12.0 Å². The Bertz CT molecular complexity index is 261. The monoisotopic (exact) mass is 171 g/mol. The van der Waals surface area contributed by atoms with E-state index in [4.69, 9.17) is 0 Å². The molecule has 1 aromatic carbocycles. The smallest absolute Gasteiger partial charge is 0.131 e. The minimum absolute atomic E-state index is 0.147. The van der Waals surface area contributed by atoms with Crippen LogP contribution in [0.2, 0.25) is 0 Å². The first-order valence-electron chi connectivity index (χ1n) is 3.84. The maximum atomic E-state index is 13.0. The summed E-state index contributed by atoms with van der Waals surface area (Å²) in [5.74, 6) is -0.969. The van der Waals surface area contributed by atoms with Gasteiger partial charge in [0.05, 0.1) is 0 Å². The summed E-state index contributed by atoms with van der Waals surface area (Å²) in [6.45, 7) is 1.72. The quantitative estimate of drug-likeness (QED) is 0.721. The molecule has 0 atom stereocenters. The average Bonchev–Trinajstić information content (AvgIpc) is 2.03. The molecule has 0 unspecified atom stereocenters. The van der Waals surface area contributed by atoms with Gasteiger partial charge in [0.25, 0.3) is 0 Å². The van der Waals surface area contributed by atoms with Crippen LogP contribution in [0, 0.1) is 11.6 Å². The van der Waals surface area contributed by atoms with Crippen LogP contribution < -0.4 is 5.32 Å². The van der Waals surface area contributed by atoms with E-state index in [-0.39, 0.29) is 5.56 Å². The molecule has 0 saturated carbocycles. The van der Waals surface area contributed by atoms with Crippen molar-refractivity contribution in [1.29, 1.82) is 0 Å². The molecule has 0 saturated heterocycles. The Balaban J connectivity index is 3.18. The van der Waals surface area contributed by atoms with Crippen molar-refractivity contribution >= 4 is 5.69 Å². The third-order valence-corrected chi connectivity index (χ3v) is 1.78. The second kappa shape index (κ2) is 3.52. The highest BCUT2D eigenvalue weighted by Gasteiger charge is 2.07. The molecule has 0 bridgehead atoms. The van der Waals surface area contributed by atoms with E-state index in [0.717, 1.165) is 0 Å². The van der Waals surface area contributed by atoms with E-state index < -0.39 is 11.6 Å². The molecule has 0 aromatic heterocycles. The van der Waals surface area contributed by atoms with Crippen LogP contribution in [0.4, 0.5) is 14.5 Å². The molecule has 0 aliphatic rings. The van der Waals surface area contributed by atoms with Gasteiger partial charge >= 0.3 is 0 Å². The molecule has 66 valence electrons. The third-order valence-electron chi connectivity index (χ3n) is 1.78. The van der Waals surface area contributed by atoms with Crippen LogP contribution in [0.5, 0.6) is 0 Å². The fraction of sp³-hybridized carbons (Fsp3) is 0.333. The Kier molecular flexibility index (Phi) is 2.63. The first kappa shape index (κ1) is 8.97. The standard InChI is InChI=1S/C9H11F2N/c1-3-7-8(10)4-6(12-2)5-9(7)11/h4-5,12H,3H2,1-2H3. The summed E-state index contributed by atoms with van der Waals surface area (Å²) >= 11 is 0. The summed E-state index contributed by atoms with van der Waals surface area (Å²) < 4.78 is 26.0. The summed E-state index contributed by atoms with van der Waals surface area (Å²) in [5, 5.41) is 2.68. The average molecular weight is 171 g/mol. The second-order valence-electron chi connectivity index (χ2n) is 2.52. The van der Waals surface area contributed by atoms with Crippen molar-refractivity contribution in [3.63, 3.8) is 0 Å². The zero-order valence-electron chi connectivity index (χ0n) is 7.12. The molecule has 3 heteroatoms. The fourth-order valence-corrected chi connectivity index (χ4v) is 1.09. The van der Waals surface area contributed by atoms with Crippen molar-refractivity contribution in [2.45, 2.75) is 13.3 Å². The van der Waals surface area contributed by atoms with Crippen molar-refractivity contribution in [3.8, 4) is 0 Å². The van der Waals surface area contributed by atoms with Gasteiger partial charge in [0.15, 0.2) is 0 Å². The van der Waals surface area contributed by atoms with Crippen LogP contribution in [-0.2, 0) is 6.42 Å². The zero-order chi connectivity index (χ0) is 9.14. The highest BCUT2D eigenvalue weighted by molar-refractivity contribution is 5.45. The van der Waals surface area contributed by atoms with Gasteiger partial charge in [-0.3, -0.25) is 0 Å². The lowest BCUT2D eigenvalue weighted by Gasteiger charge is -2.05. The molecule has 0 fully saturated rings. The SMILES string of the molecule is CCc1c(F)cc(NC)cc1F. The summed E-state index contributed by atoms with van der Waals surface area (Å²) in [7, 11) is 1.62. The minimum atomic E-state index is -0.484. The van der Waals surface area contributed by atoms with Gasteiger partial charge in [-0.05, 0) is 18.6 Å². The highest BCUT2D eigenvalue weighted by atomic mass is 19.1. The van der Waals surface area contributed by atoms with Crippen LogP contribution in [0.15, 0.2) is 12.1 Å². The number of hydrogen-bond acceptors (Lipinski definition) is 1. The fourth-order valence-electron chi connectivity index (χ4n) is 1.09. The molecule has 12 heavy (non-hydrogen) atoms. The first-order chi connectivity index (χ1) is 5.69. The molecule has 0 aliphatic carbocycles. The van der Waals surface area contributed by atoms with Crippen molar-refractivity contribution in [2.24, 2.45) is 0 Å². The van der Waals surface area contributed by atoms with E-state index in [1.54, 1.807) is 14.0 Å². The lowest BCUT2D eigenvalue weighted by Crippen LogP contribution is -1.97. The highest BCUT2D eigenvalue weighted by Crippen LogP contribution is 2.18. The van der Waals surface area contributed by atoms with Crippen molar-refractivity contribution in [2.75, 3.05) is 12.4 Å². The van der Waals surface area contributed by atoms with Gasteiger partial charge in [-0.2, -0.15) is 0 Å². The van der Waals surface area contributed by atoms with Crippen LogP contribution in [0.1, 0.15) is 12.5 Å². The lowest BCUT2D eigenvalue weighted by atomic mass is 10.1. The Labute approximate surface area is 70.4 Å². The van der Waals surface area contributed by atoms with E-state index in [9.17, 15) is 8.78 Å². The molecule has 0 amide bonds. The molecule has 1 aromatic rings. The first-order valence-corrected chi connectivity index (χ1v) is 3.84. The van der Waals surface area contributed by atoms with Crippen LogP contribution in [-0.4, -0.2) is 7.05 Å². The maximum absolute atomic E-state index is 13.0. The Hall–Kier alpha value is -1.12. The van der Waals surface area contributed by atoms with Gasteiger partial charge in [0.2, 0.25) is 0 Å². The van der Waals surface area contributed by atoms with E-state index in [2.05, 4.69) is 5.32 Å². The minimum Gasteiger partial charge on any atom is -0.388 e. The lowest BCUT2D eigenvalue weighted by molar-refractivity contribution is 0.560. The van der Waals surface area contributed by atoms with Gasteiger partial charge in [0.1, 0.15) is 11.6 Å². The number of benzene rings is 1. The molecule has 0 aliphatic heterocycles. The maximum Gasteiger partial charge on any atom is 0.131 e. The van der Waals surface area contributed by atoms with Crippen LogP contribution in [0.3, 0.4) is 0 Å². The predicted octanol–water partition coefficient (Wildman–Crippen LogP) is 2.57. The van der Waals surface area contributed by atoms with Crippen molar-refractivity contribution < 1.29 is 8.78 Å². The molecule has 0 spiro atoms. The third kappa shape index (κ3) is 1.55. The van der Waals surface area contributed by atoms with E-state index in [1.807, 2.05) is 0 Å². The summed E-state index contributed by atoms with van der Waals surface area (Å²) in [6.07, 6.45) is 0.377. The number of rotatable bonds is 2. The molecular weight excluding hydrogens is 160 g/mol. The van der Waals surface area contributed by atoms with Crippen LogP contribution >= 0.6 is 0 Å². The van der Waals surface area contributed by atoms with E-state index in [1.165, 1.54) is 12.1 Å². The summed E-state index contributed by atoms with van der Waals surface area (Å²) in [5.41, 5.74) is 0.608. The van der Waals surface area contributed by atoms with E-state index >= 15 is 0 Å². The van der Waals surface area contributed by atoms with Gasteiger partial charge < -0.3 is 5.32 Å². The Morgan fingerprint density at radius 1 is 1.25 bits per heavy atom. The summed E-state index contributed by atoms with van der Waals surface area (Å²) in [4.78, 5) is 0. The second-order valence-corrected chi connectivity index (χ2v) is 2.52. The van der Waals surface area contributed by atoms with Gasteiger partial charge in [-0.25, -0.2) is 8.78 Å². The molecule has 0 heterocycles. The van der Waals surface area contributed by atoms with Crippen molar-refractivity contribution in [1.82, 2.24) is 0 Å². The normalized spacial score (nSPS) is 10.0.